The van der Waals surface area contributed by atoms with Crippen molar-refractivity contribution in [1.82, 2.24) is 9.88 Å². The van der Waals surface area contributed by atoms with Crippen molar-refractivity contribution in [3.05, 3.63) is 35.7 Å². The minimum atomic E-state index is -3.64. The molecule has 0 bridgehead atoms. The topological polar surface area (TPSA) is 90.7 Å². The monoisotopic (exact) mass is 296 g/mol. The highest BCUT2D eigenvalue weighted by molar-refractivity contribution is 7.89. The van der Waals surface area contributed by atoms with Crippen LogP contribution in [0.2, 0.25) is 0 Å². The number of nitrogens with zero attached hydrogens (tertiary/aromatic N) is 1. The number of sulfonamides is 1. The fraction of sp³-hybridized carbons (Fsp3) is 0.250. The van der Waals surface area contributed by atoms with E-state index in [1.165, 1.54) is 12.1 Å². The number of fused-ring (bicyclic) bond motifs is 1. The molecule has 8 heteroatoms. The minimum absolute atomic E-state index is 0.0636. The number of hydrogen-bond donors (Lipinski definition) is 1. The van der Waals surface area contributed by atoms with E-state index in [2.05, 4.69) is 9.88 Å². The molecule has 3 rings (SSSR count). The van der Waals surface area contributed by atoms with Crippen molar-refractivity contribution >= 4 is 10.0 Å². The molecule has 7 nitrogen and oxygen atoms in total. The van der Waals surface area contributed by atoms with Crippen LogP contribution in [0.1, 0.15) is 11.5 Å². The van der Waals surface area contributed by atoms with Gasteiger partial charge in [0.05, 0.1) is 17.1 Å². The van der Waals surface area contributed by atoms with E-state index in [1.54, 1.807) is 19.1 Å². The Labute approximate surface area is 115 Å². The number of nitrogens with one attached hydrogen (secondary N) is 1. The lowest BCUT2D eigenvalue weighted by Crippen LogP contribution is -2.23. The lowest BCUT2D eigenvalue weighted by molar-refractivity contribution is 0.174. The van der Waals surface area contributed by atoms with Gasteiger partial charge in [0.15, 0.2) is 11.5 Å². The lowest BCUT2D eigenvalue weighted by Gasteiger charge is -2.05. The average molecular weight is 296 g/mol. The van der Waals surface area contributed by atoms with Crippen LogP contribution >= 0.6 is 0 Å². The van der Waals surface area contributed by atoms with Crippen molar-refractivity contribution in [3.63, 3.8) is 0 Å². The van der Waals surface area contributed by atoms with E-state index in [1.807, 2.05) is 0 Å². The zero-order valence-corrected chi connectivity index (χ0v) is 11.4. The van der Waals surface area contributed by atoms with Crippen LogP contribution in [0, 0.1) is 6.92 Å². The van der Waals surface area contributed by atoms with Gasteiger partial charge in [-0.1, -0.05) is 5.16 Å². The fourth-order valence-corrected chi connectivity index (χ4v) is 2.81. The van der Waals surface area contributed by atoms with Crippen LogP contribution in [0.25, 0.3) is 0 Å². The third-order valence-electron chi connectivity index (χ3n) is 2.77. The van der Waals surface area contributed by atoms with Gasteiger partial charge in [-0.15, -0.1) is 0 Å². The Morgan fingerprint density at radius 1 is 1.25 bits per heavy atom. The Morgan fingerprint density at radius 3 is 2.80 bits per heavy atom. The molecule has 0 spiro atoms. The molecule has 1 aliphatic rings. The molecular weight excluding hydrogens is 284 g/mol. The number of rotatable bonds is 4. The van der Waals surface area contributed by atoms with E-state index in [-0.39, 0.29) is 18.2 Å². The molecular formula is C12H12N2O5S. The normalized spacial score (nSPS) is 13.7. The summed E-state index contributed by atoms with van der Waals surface area (Å²) in [6.45, 7) is 1.90. The first-order valence-corrected chi connectivity index (χ1v) is 7.34. The maximum atomic E-state index is 12.1. The van der Waals surface area contributed by atoms with Gasteiger partial charge in [0.1, 0.15) is 5.76 Å². The van der Waals surface area contributed by atoms with Crippen LogP contribution in [-0.4, -0.2) is 20.4 Å². The molecule has 0 unspecified atom stereocenters. The molecule has 1 aromatic heterocycles. The minimum Gasteiger partial charge on any atom is -0.454 e. The summed E-state index contributed by atoms with van der Waals surface area (Å²) in [6.07, 6.45) is 0. The molecule has 0 saturated carbocycles. The lowest BCUT2D eigenvalue weighted by atomic mass is 10.3. The zero-order chi connectivity index (χ0) is 14.2. The highest BCUT2D eigenvalue weighted by Crippen LogP contribution is 2.33. The summed E-state index contributed by atoms with van der Waals surface area (Å²) in [5, 5.41) is 3.72. The van der Waals surface area contributed by atoms with E-state index in [0.717, 1.165) is 0 Å². The maximum Gasteiger partial charge on any atom is 0.241 e. The summed E-state index contributed by atoms with van der Waals surface area (Å²) in [6, 6.07) is 6.13. The van der Waals surface area contributed by atoms with Gasteiger partial charge in [-0.25, -0.2) is 13.1 Å². The van der Waals surface area contributed by atoms with Crippen molar-refractivity contribution in [2.45, 2.75) is 18.4 Å². The van der Waals surface area contributed by atoms with Crippen LogP contribution in [0.4, 0.5) is 0 Å². The van der Waals surface area contributed by atoms with Gasteiger partial charge in [-0.2, -0.15) is 0 Å². The van der Waals surface area contributed by atoms with Crippen molar-refractivity contribution in [1.29, 1.82) is 0 Å². The van der Waals surface area contributed by atoms with Crippen LogP contribution in [0.15, 0.2) is 33.7 Å². The van der Waals surface area contributed by atoms with Gasteiger partial charge < -0.3 is 14.0 Å². The first-order chi connectivity index (χ1) is 9.54. The summed E-state index contributed by atoms with van der Waals surface area (Å²) < 4.78 is 41.9. The van der Waals surface area contributed by atoms with E-state index in [0.29, 0.717) is 23.0 Å². The average Bonchev–Trinajstić information content (AvgIpc) is 3.04. The van der Waals surface area contributed by atoms with Gasteiger partial charge >= 0.3 is 0 Å². The Morgan fingerprint density at radius 2 is 2.05 bits per heavy atom. The van der Waals surface area contributed by atoms with Crippen LogP contribution in [0.3, 0.4) is 0 Å². The predicted molar refractivity (Wildman–Crippen MR) is 67.8 cm³/mol. The molecule has 0 radical (unpaired) electrons. The van der Waals surface area contributed by atoms with Gasteiger partial charge in [0.2, 0.25) is 16.8 Å². The third kappa shape index (κ3) is 2.47. The second kappa shape index (κ2) is 4.80. The summed E-state index contributed by atoms with van der Waals surface area (Å²) in [5.41, 5.74) is 0.520. The van der Waals surface area contributed by atoms with E-state index in [4.69, 9.17) is 14.0 Å². The Balaban J connectivity index is 1.78. The predicted octanol–water partition coefficient (Wildman–Crippen LogP) is 1.19. The third-order valence-corrected chi connectivity index (χ3v) is 4.17. The van der Waals surface area contributed by atoms with Crippen LogP contribution in [-0.2, 0) is 16.6 Å². The molecule has 20 heavy (non-hydrogen) atoms. The molecule has 1 N–H and O–H groups in total. The second-order valence-electron chi connectivity index (χ2n) is 4.27. The molecule has 0 atom stereocenters. The smallest absolute Gasteiger partial charge is 0.241 e. The Hall–Kier alpha value is -2.06. The zero-order valence-electron chi connectivity index (χ0n) is 10.6. The summed E-state index contributed by atoms with van der Waals surface area (Å²) in [4.78, 5) is 0.113. The van der Waals surface area contributed by atoms with Crippen molar-refractivity contribution < 1.29 is 22.4 Å². The van der Waals surface area contributed by atoms with E-state index in [9.17, 15) is 8.42 Å². The molecule has 0 aliphatic carbocycles. The number of aromatic nitrogens is 1. The first-order valence-electron chi connectivity index (χ1n) is 5.86. The quantitative estimate of drug-likeness (QED) is 0.911. The van der Waals surface area contributed by atoms with Crippen LogP contribution in [0.5, 0.6) is 11.5 Å². The number of ether oxygens (including phenoxy) is 2. The second-order valence-corrected chi connectivity index (χ2v) is 6.04. The largest absolute Gasteiger partial charge is 0.454 e. The molecule has 106 valence electrons. The molecule has 0 fully saturated rings. The fourth-order valence-electron chi connectivity index (χ4n) is 1.80. The molecule has 1 aliphatic heterocycles. The SMILES string of the molecule is Cc1cc(CNS(=O)(=O)c2ccc3c(c2)OCO3)no1. The van der Waals surface area contributed by atoms with E-state index < -0.39 is 10.0 Å². The molecule has 2 aromatic rings. The maximum absolute atomic E-state index is 12.1. The summed E-state index contributed by atoms with van der Waals surface area (Å²) in [7, 11) is -3.64. The number of benzene rings is 1. The van der Waals surface area contributed by atoms with Crippen molar-refractivity contribution in [2.75, 3.05) is 6.79 Å². The summed E-state index contributed by atoms with van der Waals surface area (Å²) >= 11 is 0. The Bertz CT molecular complexity index is 738. The molecule has 1 aromatic carbocycles. The van der Waals surface area contributed by atoms with Crippen LogP contribution < -0.4 is 14.2 Å². The summed E-state index contributed by atoms with van der Waals surface area (Å²) in [5.74, 6) is 1.59. The number of aryl methyl sites for hydroxylation is 1. The van der Waals surface area contributed by atoms with Gasteiger partial charge in [0, 0.05) is 12.1 Å². The van der Waals surface area contributed by atoms with E-state index >= 15 is 0 Å². The highest BCUT2D eigenvalue weighted by Gasteiger charge is 2.20. The highest BCUT2D eigenvalue weighted by atomic mass is 32.2. The van der Waals surface area contributed by atoms with Crippen molar-refractivity contribution in [3.8, 4) is 11.5 Å². The molecule has 0 amide bonds. The van der Waals surface area contributed by atoms with Gasteiger partial charge in [0.25, 0.3) is 0 Å². The Kier molecular flexibility index (Phi) is 3.11. The van der Waals surface area contributed by atoms with Gasteiger partial charge in [-0.3, -0.25) is 0 Å². The van der Waals surface area contributed by atoms with Crippen molar-refractivity contribution in [2.24, 2.45) is 0 Å². The molecule has 0 saturated heterocycles. The number of hydrogen-bond acceptors (Lipinski definition) is 6. The standard InChI is InChI=1S/C12H12N2O5S/c1-8-4-9(14-19-8)6-13-20(15,16)10-2-3-11-12(5-10)18-7-17-11/h2-5,13H,6-7H2,1H3. The molecule has 2 heterocycles. The van der Waals surface area contributed by atoms with Gasteiger partial charge in [-0.05, 0) is 19.1 Å². The first kappa shape index (κ1) is 12.9.